The Labute approximate surface area is 172 Å². The first kappa shape index (κ1) is 18.6. The summed E-state index contributed by atoms with van der Waals surface area (Å²) < 4.78 is 1.83. The zero-order chi connectivity index (χ0) is 18.1. The number of hydrogen-bond donors (Lipinski definition) is 2. The molecule has 3 aromatic rings. The molecule has 0 aliphatic heterocycles. The Bertz CT molecular complexity index is 1000. The van der Waals surface area contributed by atoms with E-state index in [0.717, 1.165) is 25.8 Å². The van der Waals surface area contributed by atoms with Gasteiger partial charge in [-0.3, -0.25) is 10.1 Å². The van der Waals surface area contributed by atoms with Crippen molar-refractivity contribution in [2.24, 2.45) is 0 Å². The number of carbonyl (C=O) groups excluding carboxylic acids is 1. The third kappa shape index (κ3) is 4.15. The van der Waals surface area contributed by atoms with Crippen LogP contribution in [0.2, 0.25) is 10.0 Å². The molecule has 2 aromatic carbocycles. The van der Waals surface area contributed by atoms with Gasteiger partial charge in [-0.05, 0) is 55.0 Å². The molecule has 0 saturated carbocycles. The Balaban J connectivity index is 1.77. The average Bonchev–Trinajstić information content (AvgIpc) is 2.86. The van der Waals surface area contributed by atoms with Crippen LogP contribution < -0.4 is 10.6 Å². The molecule has 1 aromatic heterocycles. The predicted molar refractivity (Wildman–Crippen MR) is 114 cm³/mol. The van der Waals surface area contributed by atoms with Crippen LogP contribution in [0.3, 0.4) is 0 Å². The molecule has 128 valence electrons. The van der Waals surface area contributed by atoms with Crippen molar-refractivity contribution in [1.29, 1.82) is 0 Å². The normalized spacial score (nSPS) is 10.7. The van der Waals surface area contributed by atoms with Gasteiger partial charge in [0.1, 0.15) is 4.88 Å². The van der Waals surface area contributed by atoms with Crippen LogP contribution in [-0.4, -0.2) is 11.0 Å². The molecule has 3 nitrogen and oxygen atoms in total. The molecule has 0 atom stereocenters. The minimum absolute atomic E-state index is 0.210. The molecule has 1 amide bonds. The average molecular weight is 474 g/mol. The van der Waals surface area contributed by atoms with Crippen LogP contribution in [-0.2, 0) is 0 Å². The molecule has 0 fully saturated rings. The van der Waals surface area contributed by atoms with E-state index in [2.05, 4.69) is 26.6 Å². The van der Waals surface area contributed by atoms with Crippen molar-refractivity contribution < 1.29 is 4.79 Å². The first-order chi connectivity index (χ1) is 11.8. The summed E-state index contributed by atoms with van der Waals surface area (Å²) in [5.41, 5.74) is 1.82. The number of anilines is 1. The van der Waals surface area contributed by atoms with Crippen LogP contribution in [0.25, 0.3) is 10.1 Å². The van der Waals surface area contributed by atoms with Gasteiger partial charge in [-0.25, -0.2) is 0 Å². The smallest absolute Gasteiger partial charge is 0.269 e. The molecule has 0 saturated heterocycles. The van der Waals surface area contributed by atoms with Crippen LogP contribution in [0.15, 0.2) is 40.9 Å². The molecular formula is C17H11BrCl2N2OS2. The highest BCUT2D eigenvalue weighted by molar-refractivity contribution is 9.10. The maximum atomic E-state index is 12.5. The van der Waals surface area contributed by atoms with Gasteiger partial charge in [0, 0.05) is 25.3 Å². The van der Waals surface area contributed by atoms with Crippen molar-refractivity contribution in [3.05, 3.63) is 61.4 Å². The number of aryl methyl sites for hydroxylation is 1. The van der Waals surface area contributed by atoms with E-state index >= 15 is 0 Å². The van der Waals surface area contributed by atoms with E-state index in [0.29, 0.717) is 14.9 Å². The topological polar surface area (TPSA) is 41.1 Å². The number of nitrogens with one attached hydrogen (secondary N) is 2. The number of fused-ring (bicyclic) bond motifs is 1. The number of thiophene rings is 1. The summed E-state index contributed by atoms with van der Waals surface area (Å²) in [4.78, 5) is 12.9. The zero-order valence-electron chi connectivity index (χ0n) is 12.8. The maximum absolute atomic E-state index is 12.5. The summed E-state index contributed by atoms with van der Waals surface area (Å²) in [6.45, 7) is 1.95. The fourth-order valence-electron chi connectivity index (χ4n) is 2.27. The lowest BCUT2D eigenvalue weighted by Gasteiger charge is -2.11. The highest BCUT2D eigenvalue weighted by Crippen LogP contribution is 2.36. The molecule has 3 rings (SSSR count). The number of thiocarbonyl (C=S) groups is 1. The Morgan fingerprint density at radius 3 is 2.68 bits per heavy atom. The number of amides is 1. The van der Waals surface area contributed by atoms with Gasteiger partial charge < -0.3 is 5.32 Å². The maximum Gasteiger partial charge on any atom is 0.269 e. The monoisotopic (exact) mass is 472 g/mol. The van der Waals surface area contributed by atoms with Crippen LogP contribution in [0.5, 0.6) is 0 Å². The molecule has 0 aliphatic carbocycles. The number of benzene rings is 2. The van der Waals surface area contributed by atoms with E-state index in [4.69, 9.17) is 35.4 Å². The van der Waals surface area contributed by atoms with Gasteiger partial charge >= 0.3 is 0 Å². The van der Waals surface area contributed by atoms with Crippen molar-refractivity contribution >= 4 is 89.5 Å². The van der Waals surface area contributed by atoms with E-state index in [1.54, 1.807) is 18.2 Å². The Hall–Kier alpha value is -1.18. The van der Waals surface area contributed by atoms with Crippen molar-refractivity contribution in [2.75, 3.05) is 5.32 Å². The fraction of sp³-hybridized carbons (Fsp3) is 0.0588. The summed E-state index contributed by atoms with van der Waals surface area (Å²) in [7, 11) is 0. The summed E-state index contributed by atoms with van der Waals surface area (Å²) in [6.07, 6.45) is 0. The molecule has 1 heterocycles. The lowest BCUT2D eigenvalue weighted by molar-refractivity contribution is 0.0982. The van der Waals surface area contributed by atoms with Gasteiger partial charge in [0.2, 0.25) is 0 Å². The third-order valence-electron chi connectivity index (χ3n) is 3.46. The second-order valence-corrected chi connectivity index (χ2v) is 8.44. The van der Waals surface area contributed by atoms with Crippen molar-refractivity contribution in [3.63, 3.8) is 0 Å². The molecule has 0 radical (unpaired) electrons. The number of carbonyl (C=O) groups is 1. The van der Waals surface area contributed by atoms with Gasteiger partial charge in [-0.1, -0.05) is 45.2 Å². The van der Waals surface area contributed by atoms with Gasteiger partial charge in [-0.2, -0.15) is 0 Å². The van der Waals surface area contributed by atoms with Crippen LogP contribution in [0, 0.1) is 6.92 Å². The lowest BCUT2D eigenvalue weighted by Crippen LogP contribution is -2.34. The van der Waals surface area contributed by atoms with Crippen LogP contribution >= 0.6 is 62.7 Å². The zero-order valence-corrected chi connectivity index (χ0v) is 17.6. The third-order valence-corrected chi connectivity index (χ3v) is 6.05. The highest BCUT2D eigenvalue weighted by Gasteiger charge is 2.18. The van der Waals surface area contributed by atoms with Gasteiger partial charge in [-0.15, -0.1) is 11.3 Å². The van der Waals surface area contributed by atoms with Gasteiger partial charge in [0.05, 0.1) is 5.02 Å². The number of halogens is 3. The largest absolute Gasteiger partial charge is 0.332 e. The Morgan fingerprint density at radius 1 is 1.20 bits per heavy atom. The minimum atomic E-state index is -0.352. The van der Waals surface area contributed by atoms with E-state index in [9.17, 15) is 4.79 Å². The predicted octanol–water partition coefficient (Wildman–Crippen LogP) is 6.41. The van der Waals surface area contributed by atoms with Crippen LogP contribution in [0.4, 0.5) is 5.69 Å². The standard InChI is InChI=1S/C17H11BrCl2N2OS2/c1-8-6-9(18)2-5-12(8)21-17(24)22-16(23)15-14(20)11-4-3-10(19)7-13(11)25-15/h2-7H,1H3,(H2,21,22,23,24). The summed E-state index contributed by atoms with van der Waals surface area (Å²) >= 11 is 22.2. The second-order valence-electron chi connectivity index (χ2n) is 5.25. The first-order valence-electron chi connectivity index (χ1n) is 7.11. The minimum Gasteiger partial charge on any atom is -0.332 e. The summed E-state index contributed by atoms with van der Waals surface area (Å²) in [5, 5.41) is 7.69. The first-order valence-corrected chi connectivity index (χ1v) is 9.88. The van der Waals surface area contributed by atoms with Crippen molar-refractivity contribution in [2.45, 2.75) is 6.92 Å². The molecule has 0 unspecified atom stereocenters. The number of hydrogen-bond acceptors (Lipinski definition) is 3. The quantitative estimate of drug-likeness (QED) is 0.422. The van der Waals surface area contributed by atoms with Crippen molar-refractivity contribution in [1.82, 2.24) is 5.32 Å². The lowest BCUT2D eigenvalue weighted by atomic mass is 10.2. The van der Waals surface area contributed by atoms with E-state index in [1.165, 1.54) is 11.3 Å². The van der Waals surface area contributed by atoms with E-state index in [1.807, 2.05) is 25.1 Å². The molecule has 0 aliphatic rings. The Morgan fingerprint density at radius 2 is 1.96 bits per heavy atom. The Kier molecular flexibility index (Phi) is 5.65. The molecule has 8 heteroatoms. The highest BCUT2D eigenvalue weighted by atomic mass is 79.9. The second kappa shape index (κ2) is 7.60. The summed E-state index contributed by atoms with van der Waals surface area (Å²) in [6, 6.07) is 11.1. The molecular weight excluding hydrogens is 463 g/mol. The molecule has 0 bridgehead atoms. The van der Waals surface area contributed by atoms with Gasteiger partial charge in [0.25, 0.3) is 5.91 Å². The van der Waals surface area contributed by atoms with E-state index < -0.39 is 0 Å². The molecule has 0 spiro atoms. The SMILES string of the molecule is Cc1cc(Br)ccc1NC(=S)NC(=O)c1sc2cc(Cl)ccc2c1Cl. The van der Waals surface area contributed by atoms with E-state index in [-0.39, 0.29) is 11.0 Å². The van der Waals surface area contributed by atoms with Crippen molar-refractivity contribution in [3.8, 4) is 0 Å². The molecule has 25 heavy (non-hydrogen) atoms. The van der Waals surface area contributed by atoms with Crippen LogP contribution in [0.1, 0.15) is 15.2 Å². The fourth-order valence-corrected chi connectivity index (χ4v) is 4.63. The molecule has 2 N–H and O–H groups in total. The number of rotatable bonds is 2. The summed E-state index contributed by atoms with van der Waals surface area (Å²) in [5.74, 6) is -0.352. The van der Waals surface area contributed by atoms with Gasteiger partial charge in [0.15, 0.2) is 5.11 Å².